The van der Waals surface area contributed by atoms with Gasteiger partial charge in [0.25, 0.3) is 0 Å². The van der Waals surface area contributed by atoms with Crippen LogP contribution in [0, 0.1) is 0 Å². The fourth-order valence-corrected chi connectivity index (χ4v) is 12.8. The van der Waals surface area contributed by atoms with Crippen molar-refractivity contribution in [3.63, 3.8) is 0 Å². The molecule has 11 rings (SSSR count). The number of nitrogens with zero attached hydrogens (tertiary/aromatic N) is 1. The van der Waals surface area contributed by atoms with Crippen molar-refractivity contribution in [2.24, 2.45) is 0 Å². The highest BCUT2D eigenvalue weighted by Gasteiger charge is 2.52. The third kappa shape index (κ3) is 3.97. The lowest BCUT2D eigenvalue weighted by molar-refractivity contribution is 0.446. The lowest BCUT2D eigenvalue weighted by atomic mass is 9.67. The molecule has 51 heavy (non-hydrogen) atoms. The number of thioether (sulfide) groups is 1. The second kappa shape index (κ2) is 10.8. The zero-order chi connectivity index (χ0) is 33.9. The summed E-state index contributed by atoms with van der Waals surface area (Å²) >= 11 is 3.96. The minimum absolute atomic E-state index is 0.0632. The molecule has 244 valence electrons. The van der Waals surface area contributed by atoms with E-state index in [2.05, 4.69) is 194 Å². The van der Waals surface area contributed by atoms with Crippen molar-refractivity contribution in [1.82, 2.24) is 0 Å². The van der Waals surface area contributed by atoms with Crippen molar-refractivity contribution in [2.45, 2.75) is 50.5 Å². The highest BCUT2D eigenvalue weighted by molar-refractivity contribution is 8.00. The van der Waals surface area contributed by atoms with Gasteiger partial charge in [0, 0.05) is 42.9 Å². The first-order valence-corrected chi connectivity index (χ1v) is 19.6. The van der Waals surface area contributed by atoms with Crippen LogP contribution in [-0.2, 0) is 10.8 Å². The van der Waals surface area contributed by atoms with Crippen molar-refractivity contribution in [1.29, 1.82) is 0 Å². The van der Waals surface area contributed by atoms with E-state index in [1.807, 2.05) is 11.8 Å². The fraction of sp³-hybridized carbons (Fsp3) is 0.125. The van der Waals surface area contributed by atoms with E-state index >= 15 is 0 Å². The van der Waals surface area contributed by atoms with Gasteiger partial charge in [0.1, 0.15) is 0 Å². The number of para-hydroxylation sites is 1. The average molecular weight is 690 g/mol. The van der Waals surface area contributed by atoms with Gasteiger partial charge in [-0.15, -0.1) is 11.8 Å². The second-order valence-corrected chi connectivity index (χ2v) is 17.1. The molecular formula is C48H35NS2. The summed E-state index contributed by atoms with van der Waals surface area (Å²) in [5, 5.41) is 0.419. The molecule has 2 heterocycles. The Hall–Kier alpha value is -4.96. The summed E-state index contributed by atoms with van der Waals surface area (Å²) in [5.41, 5.74) is 15.9. The van der Waals surface area contributed by atoms with Crippen LogP contribution in [0.15, 0.2) is 178 Å². The molecule has 2 aliphatic carbocycles. The molecule has 0 radical (unpaired) electrons. The molecule has 4 aliphatic rings. The van der Waals surface area contributed by atoms with Crippen molar-refractivity contribution < 1.29 is 0 Å². The van der Waals surface area contributed by atoms with Crippen LogP contribution in [0.3, 0.4) is 0 Å². The normalized spacial score (nSPS) is 18.9. The van der Waals surface area contributed by atoms with E-state index in [-0.39, 0.29) is 10.8 Å². The van der Waals surface area contributed by atoms with Crippen molar-refractivity contribution >= 4 is 40.6 Å². The molecule has 0 N–H and O–H groups in total. The summed E-state index contributed by atoms with van der Waals surface area (Å²) < 4.78 is 0. The Morgan fingerprint density at radius 1 is 0.451 bits per heavy atom. The van der Waals surface area contributed by atoms with Crippen LogP contribution in [-0.4, -0.2) is 0 Å². The quantitative estimate of drug-likeness (QED) is 0.182. The van der Waals surface area contributed by atoms with E-state index < -0.39 is 0 Å². The van der Waals surface area contributed by atoms with Gasteiger partial charge in [-0.2, -0.15) is 0 Å². The van der Waals surface area contributed by atoms with Crippen LogP contribution >= 0.6 is 23.5 Å². The molecular weight excluding hydrogens is 655 g/mol. The summed E-state index contributed by atoms with van der Waals surface area (Å²) in [5.74, 6) is 0.475. The predicted octanol–water partition coefficient (Wildman–Crippen LogP) is 13.2. The predicted molar refractivity (Wildman–Crippen MR) is 213 cm³/mol. The second-order valence-electron chi connectivity index (χ2n) is 14.8. The maximum atomic E-state index is 2.50. The van der Waals surface area contributed by atoms with E-state index in [4.69, 9.17) is 0 Å². The van der Waals surface area contributed by atoms with Crippen molar-refractivity contribution in [3.05, 3.63) is 203 Å². The Morgan fingerprint density at radius 2 is 1.02 bits per heavy atom. The monoisotopic (exact) mass is 689 g/mol. The number of hydrogen-bond donors (Lipinski definition) is 0. The molecule has 0 saturated heterocycles. The van der Waals surface area contributed by atoms with Gasteiger partial charge in [0.15, 0.2) is 0 Å². The van der Waals surface area contributed by atoms with Gasteiger partial charge in [-0.3, -0.25) is 0 Å². The van der Waals surface area contributed by atoms with Crippen LogP contribution in [0.2, 0.25) is 0 Å². The molecule has 1 nitrogen and oxygen atoms in total. The van der Waals surface area contributed by atoms with E-state index in [1.165, 1.54) is 81.8 Å². The van der Waals surface area contributed by atoms with Crippen LogP contribution in [0.25, 0.3) is 11.1 Å². The fourth-order valence-electron chi connectivity index (χ4n) is 9.91. The molecule has 2 aliphatic heterocycles. The molecule has 2 atom stereocenters. The summed E-state index contributed by atoms with van der Waals surface area (Å²) in [6.45, 7) is 4.89. The lowest BCUT2D eigenvalue weighted by Crippen LogP contribution is -2.32. The molecule has 2 unspecified atom stereocenters. The molecule has 0 fully saturated rings. The molecule has 1 spiro atoms. The van der Waals surface area contributed by atoms with Crippen molar-refractivity contribution in [2.75, 3.05) is 4.90 Å². The van der Waals surface area contributed by atoms with E-state index in [1.54, 1.807) is 0 Å². The smallest absolute Gasteiger partial charge is 0.0735 e. The first-order valence-electron chi connectivity index (χ1n) is 17.9. The number of benzene rings is 7. The molecule has 7 aromatic rings. The minimum Gasteiger partial charge on any atom is -0.310 e. The van der Waals surface area contributed by atoms with E-state index in [0.717, 1.165) is 0 Å². The zero-order valence-electron chi connectivity index (χ0n) is 28.5. The van der Waals surface area contributed by atoms with Gasteiger partial charge in [-0.25, -0.2) is 0 Å². The maximum absolute atomic E-state index is 2.50. The molecule has 0 aromatic heterocycles. The van der Waals surface area contributed by atoms with Crippen LogP contribution in [0.5, 0.6) is 0 Å². The van der Waals surface area contributed by atoms with Gasteiger partial charge >= 0.3 is 0 Å². The minimum atomic E-state index is -0.372. The van der Waals surface area contributed by atoms with Gasteiger partial charge in [-0.05, 0) is 104 Å². The number of hydrogen-bond acceptors (Lipinski definition) is 3. The summed E-state index contributed by atoms with van der Waals surface area (Å²) in [6, 6.07) is 61.7. The van der Waals surface area contributed by atoms with Gasteiger partial charge < -0.3 is 4.90 Å². The molecule has 7 aromatic carbocycles. The molecule has 0 bridgehead atoms. The SMILES string of the molecule is CC1(C)c2ccc(N(c3ccccc3)c3ccc4c(c3)Sc3ccccc3C43c4ccccc4-c4ccccc43)cc2C2Sc3ccccc3C21. The summed E-state index contributed by atoms with van der Waals surface area (Å²) in [7, 11) is 0. The lowest BCUT2D eigenvalue weighted by Gasteiger charge is -2.40. The molecule has 3 heteroatoms. The summed E-state index contributed by atoms with van der Waals surface area (Å²) in [6.07, 6.45) is 0. The standard InChI is InChI=1S/C48H35NS2/c1-47(2)37-26-24-31(28-36(37)46-45(47)35-18-8-12-22-42(35)51-46)49(30-14-4-3-5-15-30)32-25-27-41-44(29-32)50-43-23-13-11-21-40(43)48(41)38-19-9-6-16-33(38)34-17-7-10-20-39(34)48/h3-29,45-46H,1-2H3. The maximum Gasteiger partial charge on any atom is 0.0735 e. The Balaban J connectivity index is 1.11. The Kier molecular flexibility index (Phi) is 6.28. The Morgan fingerprint density at radius 3 is 1.76 bits per heavy atom. The third-order valence-electron chi connectivity index (χ3n) is 12.0. The Labute approximate surface area is 308 Å². The number of fused-ring (bicyclic) bond motifs is 14. The van der Waals surface area contributed by atoms with Crippen LogP contribution < -0.4 is 4.90 Å². The number of rotatable bonds is 3. The van der Waals surface area contributed by atoms with Crippen LogP contribution in [0.4, 0.5) is 17.1 Å². The highest BCUT2D eigenvalue weighted by atomic mass is 32.2. The average Bonchev–Trinajstić information content (AvgIpc) is 3.78. The summed E-state index contributed by atoms with van der Waals surface area (Å²) in [4.78, 5) is 6.54. The van der Waals surface area contributed by atoms with Gasteiger partial charge in [-0.1, -0.05) is 141 Å². The molecule has 0 amide bonds. The topological polar surface area (TPSA) is 3.24 Å². The highest BCUT2D eigenvalue weighted by Crippen LogP contribution is 2.67. The van der Waals surface area contributed by atoms with E-state index in [9.17, 15) is 0 Å². The van der Waals surface area contributed by atoms with Gasteiger partial charge in [0.2, 0.25) is 0 Å². The van der Waals surface area contributed by atoms with Crippen LogP contribution in [0.1, 0.15) is 64.0 Å². The largest absolute Gasteiger partial charge is 0.310 e. The number of anilines is 3. The zero-order valence-corrected chi connectivity index (χ0v) is 30.1. The first-order chi connectivity index (χ1) is 25.0. The van der Waals surface area contributed by atoms with Crippen molar-refractivity contribution in [3.8, 4) is 11.1 Å². The van der Waals surface area contributed by atoms with E-state index in [0.29, 0.717) is 11.2 Å². The third-order valence-corrected chi connectivity index (χ3v) is 14.5. The first kappa shape index (κ1) is 29.7. The molecule has 0 saturated carbocycles. The van der Waals surface area contributed by atoms with Gasteiger partial charge in [0.05, 0.1) is 5.41 Å². The Bertz CT molecular complexity index is 2500.